The van der Waals surface area contributed by atoms with Crippen molar-refractivity contribution in [2.45, 2.75) is 31.6 Å². The van der Waals surface area contributed by atoms with Gasteiger partial charge in [-0.1, -0.05) is 48.5 Å². The van der Waals surface area contributed by atoms with Crippen molar-refractivity contribution in [3.63, 3.8) is 0 Å². The van der Waals surface area contributed by atoms with Crippen molar-refractivity contribution >= 4 is 11.6 Å². The number of hydrogen-bond acceptors (Lipinski definition) is 1. The van der Waals surface area contributed by atoms with E-state index in [1.165, 1.54) is 24.0 Å². The number of carbonyl (C=O) groups is 1. The van der Waals surface area contributed by atoms with Gasteiger partial charge in [0, 0.05) is 18.2 Å². The number of rotatable bonds is 1. The van der Waals surface area contributed by atoms with Crippen LogP contribution in [0.1, 0.15) is 37.3 Å². The Hall–Kier alpha value is -2.09. The van der Waals surface area contributed by atoms with E-state index in [0.29, 0.717) is 0 Å². The molecule has 2 nitrogen and oxygen atoms in total. The van der Waals surface area contributed by atoms with Crippen molar-refractivity contribution in [2.24, 2.45) is 10.8 Å². The van der Waals surface area contributed by atoms with Crippen molar-refractivity contribution < 1.29 is 4.79 Å². The van der Waals surface area contributed by atoms with Crippen LogP contribution in [0.25, 0.3) is 0 Å². The van der Waals surface area contributed by atoms with Crippen LogP contribution in [0.15, 0.2) is 54.6 Å². The first kappa shape index (κ1) is 13.4. The van der Waals surface area contributed by atoms with Crippen LogP contribution in [-0.4, -0.2) is 13.0 Å². The van der Waals surface area contributed by atoms with E-state index in [0.717, 1.165) is 12.1 Å². The van der Waals surface area contributed by atoms with Crippen molar-refractivity contribution in [3.05, 3.63) is 65.7 Å². The van der Waals surface area contributed by atoms with Gasteiger partial charge in [-0.2, -0.15) is 0 Å². The molecule has 116 valence electrons. The maximum atomic E-state index is 13.3. The van der Waals surface area contributed by atoms with Crippen LogP contribution >= 0.6 is 0 Å². The molecule has 0 saturated heterocycles. The Kier molecular flexibility index (Phi) is 2.25. The molecule has 2 saturated carbocycles. The molecule has 2 fully saturated rings. The smallest absolute Gasteiger partial charge is 0.233 e. The van der Waals surface area contributed by atoms with E-state index in [2.05, 4.69) is 55.5 Å². The molecule has 2 heteroatoms. The summed E-state index contributed by atoms with van der Waals surface area (Å²) in [5.41, 5.74) is 3.57. The van der Waals surface area contributed by atoms with E-state index in [1.807, 2.05) is 18.0 Å². The van der Waals surface area contributed by atoms with Gasteiger partial charge in [0.1, 0.15) is 0 Å². The van der Waals surface area contributed by atoms with Gasteiger partial charge >= 0.3 is 0 Å². The van der Waals surface area contributed by atoms with Crippen molar-refractivity contribution in [3.8, 4) is 0 Å². The highest BCUT2D eigenvalue weighted by atomic mass is 16.2. The van der Waals surface area contributed by atoms with E-state index in [4.69, 9.17) is 0 Å². The van der Waals surface area contributed by atoms with Crippen molar-refractivity contribution in [2.75, 3.05) is 11.9 Å². The zero-order valence-corrected chi connectivity index (χ0v) is 13.7. The second kappa shape index (κ2) is 3.87. The summed E-state index contributed by atoms with van der Waals surface area (Å²) in [6, 6.07) is 19.3. The molecule has 1 heterocycles. The molecule has 1 spiro atoms. The minimum absolute atomic E-state index is 0.151. The Bertz CT molecular complexity index is 823. The molecule has 0 radical (unpaired) electrons. The summed E-state index contributed by atoms with van der Waals surface area (Å²) in [6.07, 6.45) is 3.50. The minimum atomic E-state index is -0.325. The average Bonchev–Trinajstić information content (AvgIpc) is 3.36. The van der Waals surface area contributed by atoms with Crippen LogP contribution in [0.4, 0.5) is 5.69 Å². The number of amides is 1. The first-order valence-electron chi connectivity index (χ1n) is 8.50. The Balaban J connectivity index is 1.90. The maximum Gasteiger partial charge on any atom is 0.233 e. The summed E-state index contributed by atoms with van der Waals surface area (Å²) in [6.45, 7) is 2.19. The fourth-order valence-electron chi connectivity index (χ4n) is 5.97. The highest BCUT2D eigenvalue weighted by molar-refractivity contribution is 6.04. The van der Waals surface area contributed by atoms with Crippen LogP contribution in [0.2, 0.25) is 0 Å². The van der Waals surface area contributed by atoms with E-state index >= 15 is 0 Å². The van der Waals surface area contributed by atoms with Gasteiger partial charge in [-0.25, -0.2) is 0 Å². The molecular weight excluding hydrogens is 282 g/mol. The number of fused-ring (bicyclic) bond motifs is 4. The minimum Gasteiger partial charge on any atom is -0.315 e. The molecule has 2 aliphatic carbocycles. The predicted octanol–water partition coefficient (Wildman–Crippen LogP) is 4.14. The van der Waals surface area contributed by atoms with Gasteiger partial charge in [0.25, 0.3) is 0 Å². The summed E-state index contributed by atoms with van der Waals surface area (Å²) < 4.78 is 0. The topological polar surface area (TPSA) is 20.3 Å². The lowest BCUT2D eigenvalue weighted by Crippen LogP contribution is -2.70. The largest absolute Gasteiger partial charge is 0.315 e. The number of hydrogen-bond donors (Lipinski definition) is 0. The molecule has 0 aromatic heterocycles. The quantitative estimate of drug-likeness (QED) is 0.775. The number of carbonyl (C=O) groups excluding carboxylic acids is 1. The van der Waals surface area contributed by atoms with E-state index in [9.17, 15) is 4.79 Å². The molecule has 2 atom stereocenters. The lowest BCUT2D eigenvalue weighted by molar-refractivity contribution is -0.150. The zero-order chi connectivity index (χ0) is 15.9. The van der Waals surface area contributed by atoms with Crippen LogP contribution < -0.4 is 4.90 Å². The maximum absolute atomic E-state index is 13.3. The second-order valence-electron chi connectivity index (χ2n) is 7.79. The van der Waals surface area contributed by atoms with Crippen molar-refractivity contribution in [1.29, 1.82) is 0 Å². The lowest BCUT2D eigenvalue weighted by Gasteiger charge is -2.67. The highest BCUT2D eigenvalue weighted by Crippen LogP contribution is 2.83. The van der Waals surface area contributed by atoms with Gasteiger partial charge in [0.05, 0.1) is 5.41 Å². The van der Waals surface area contributed by atoms with Gasteiger partial charge in [-0.05, 0) is 48.8 Å². The monoisotopic (exact) mass is 303 g/mol. The second-order valence-corrected chi connectivity index (χ2v) is 7.79. The Labute approximate surface area is 137 Å². The predicted molar refractivity (Wildman–Crippen MR) is 91.5 cm³/mol. The fourth-order valence-corrected chi connectivity index (χ4v) is 5.97. The van der Waals surface area contributed by atoms with Gasteiger partial charge in [0.15, 0.2) is 0 Å². The van der Waals surface area contributed by atoms with Crippen LogP contribution in [0.5, 0.6) is 0 Å². The average molecular weight is 303 g/mol. The SMILES string of the molecule is CN1C(=O)[C@]2(C)CC3(CC3)[C@]2(c2ccccc2)c2ccccc21. The summed E-state index contributed by atoms with van der Waals surface area (Å²) >= 11 is 0. The van der Waals surface area contributed by atoms with E-state index in [-0.39, 0.29) is 22.2 Å². The Morgan fingerprint density at radius 2 is 1.61 bits per heavy atom. The molecule has 3 aliphatic rings. The summed E-state index contributed by atoms with van der Waals surface area (Å²) in [7, 11) is 1.93. The molecule has 5 rings (SSSR count). The van der Waals surface area contributed by atoms with Crippen LogP contribution in [-0.2, 0) is 10.2 Å². The van der Waals surface area contributed by atoms with E-state index < -0.39 is 0 Å². The third-order valence-electron chi connectivity index (χ3n) is 6.82. The third kappa shape index (κ3) is 1.24. The van der Waals surface area contributed by atoms with E-state index in [1.54, 1.807) is 0 Å². The lowest BCUT2D eigenvalue weighted by atomic mass is 9.36. The van der Waals surface area contributed by atoms with Crippen molar-refractivity contribution in [1.82, 2.24) is 0 Å². The molecule has 1 aliphatic heterocycles. The van der Waals surface area contributed by atoms with Crippen LogP contribution in [0.3, 0.4) is 0 Å². The Morgan fingerprint density at radius 1 is 0.957 bits per heavy atom. The molecule has 0 bridgehead atoms. The number of anilines is 1. The first-order valence-corrected chi connectivity index (χ1v) is 8.50. The summed E-state index contributed by atoms with van der Waals surface area (Å²) in [4.78, 5) is 15.2. The fraction of sp³-hybridized carbons (Fsp3) is 0.381. The molecule has 2 aromatic rings. The Morgan fingerprint density at radius 3 is 2.30 bits per heavy atom. The summed E-state index contributed by atoms with van der Waals surface area (Å²) in [5.74, 6) is 0.276. The molecule has 23 heavy (non-hydrogen) atoms. The first-order chi connectivity index (χ1) is 11.1. The number of benzene rings is 2. The van der Waals surface area contributed by atoms with Gasteiger partial charge in [-0.3, -0.25) is 4.79 Å². The normalized spacial score (nSPS) is 33.0. The molecule has 2 aromatic carbocycles. The molecule has 0 N–H and O–H groups in total. The number of nitrogens with zero attached hydrogens (tertiary/aromatic N) is 1. The zero-order valence-electron chi connectivity index (χ0n) is 13.7. The molecular formula is C21H21NO. The van der Waals surface area contributed by atoms with Gasteiger partial charge in [0.2, 0.25) is 5.91 Å². The van der Waals surface area contributed by atoms with Crippen LogP contribution in [0, 0.1) is 10.8 Å². The molecule has 1 amide bonds. The molecule has 0 unspecified atom stereocenters. The summed E-state index contributed by atoms with van der Waals surface area (Å²) in [5, 5.41) is 0. The van der Waals surface area contributed by atoms with Gasteiger partial charge < -0.3 is 4.90 Å². The highest BCUT2D eigenvalue weighted by Gasteiger charge is 2.81. The standard InChI is InChI=1S/C21H21NO/c1-19-14-20(12-13-20)21(19,15-8-4-3-5-9-15)16-10-6-7-11-17(16)22(2)18(19)23/h3-11H,12-14H2,1-2H3/t19-,21+/m0/s1. The van der Waals surface area contributed by atoms with Gasteiger partial charge in [-0.15, -0.1) is 0 Å². The number of para-hydroxylation sites is 1. The third-order valence-corrected chi connectivity index (χ3v) is 6.82.